The van der Waals surface area contributed by atoms with Crippen molar-refractivity contribution in [3.8, 4) is 0 Å². The van der Waals surface area contributed by atoms with Gasteiger partial charge in [-0.15, -0.1) is 0 Å². The molecular weight excluding hydrogens is 320 g/mol. The summed E-state index contributed by atoms with van der Waals surface area (Å²) in [6.45, 7) is 1.48. The molecule has 0 heterocycles. The van der Waals surface area contributed by atoms with Gasteiger partial charge in [-0.05, 0) is 30.7 Å². The lowest BCUT2D eigenvalue weighted by atomic mass is 10.1. The molecular formula is C16H23ClN2O4. The molecule has 23 heavy (non-hydrogen) atoms. The molecule has 0 amide bonds. The van der Waals surface area contributed by atoms with Gasteiger partial charge in [0.25, 0.3) is 0 Å². The van der Waals surface area contributed by atoms with Crippen molar-refractivity contribution in [1.82, 2.24) is 0 Å². The summed E-state index contributed by atoms with van der Waals surface area (Å²) in [7, 11) is 3.50. The Morgan fingerprint density at radius 3 is 2.22 bits per heavy atom. The second-order valence-corrected chi connectivity index (χ2v) is 6.38. The molecule has 6 nitrogen and oxygen atoms in total. The van der Waals surface area contributed by atoms with Crippen molar-refractivity contribution in [2.45, 2.75) is 13.0 Å². The first-order valence-electron chi connectivity index (χ1n) is 7.03. The molecule has 0 aliphatic rings. The molecule has 0 radical (unpaired) electrons. The van der Waals surface area contributed by atoms with Crippen molar-refractivity contribution in [3.05, 3.63) is 42.0 Å². The Hall–Kier alpha value is -1.57. The second kappa shape index (κ2) is 8.33. The van der Waals surface area contributed by atoms with Crippen LogP contribution in [0.2, 0.25) is 0 Å². The summed E-state index contributed by atoms with van der Waals surface area (Å²) in [5.41, 5.74) is 3.18. The number of rotatable bonds is 7. The lowest BCUT2D eigenvalue weighted by Gasteiger charge is -2.20. The van der Waals surface area contributed by atoms with E-state index in [0.29, 0.717) is 0 Å². The highest BCUT2D eigenvalue weighted by atomic mass is 35.7. The number of allylic oxidation sites excluding steroid dienone is 2. The number of hydrogen-bond donors (Lipinski definition) is 0. The Labute approximate surface area is 139 Å². The van der Waals surface area contributed by atoms with E-state index in [-0.39, 0.29) is 0 Å². The average molecular weight is 343 g/mol. The van der Waals surface area contributed by atoms with Crippen LogP contribution in [-0.4, -0.2) is 34.3 Å². The van der Waals surface area contributed by atoms with Crippen LogP contribution in [-0.2, 0) is 4.29 Å². The van der Waals surface area contributed by atoms with E-state index in [1.807, 2.05) is 56.2 Å². The van der Waals surface area contributed by atoms with Crippen LogP contribution >= 0.6 is 0 Å². The zero-order valence-electron chi connectivity index (χ0n) is 14.0. The Morgan fingerprint density at radius 2 is 1.70 bits per heavy atom. The van der Waals surface area contributed by atoms with Crippen molar-refractivity contribution in [3.63, 3.8) is 0 Å². The quantitative estimate of drug-likeness (QED) is 0.632. The SMILES string of the molecule is CC(C=CC=Cc1ccc(N(C)C)cc1N(C)C)O[Cl+3]([O-])([O-])[O-]. The molecule has 128 valence electrons. The van der Waals surface area contributed by atoms with Gasteiger partial charge in [0.2, 0.25) is 6.10 Å². The van der Waals surface area contributed by atoms with Gasteiger partial charge >= 0.3 is 0 Å². The van der Waals surface area contributed by atoms with E-state index >= 15 is 0 Å². The minimum atomic E-state index is -4.41. The van der Waals surface area contributed by atoms with E-state index in [1.54, 1.807) is 12.2 Å². The summed E-state index contributed by atoms with van der Waals surface area (Å²) in [4.78, 5) is 4.05. The lowest BCUT2D eigenvalue weighted by molar-refractivity contribution is -1.92. The molecule has 0 N–H and O–H groups in total. The highest BCUT2D eigenvalue weighted by molar-refractivity contribution is 5.72. The van der Waals surface area contributed by atoms with Gasteiger partial charge in [-0.1, -0.05) is 24.3 Å². The molecule has 0 aliphatic carbocycles. The minimum Gasteiger partial charge on any atom is -0.378 e. The number of benzene rings is 1. The van der Waals surface area contributed by atoms with E-state index in [2.05, 4.69) is 10.4 Å². The van der Waals surface area contributed by atoms with Gasteiger partial charge in [0.15, 0.2) is 0 Å². The lowest BCUT2D eigenvalue weighted by Crippen LogP contribution is -2.61. The molecule has 0 fully saturated rings. The summed E-state index contributed by atoms with van der Waals surface area (Å²) >= 11 is 0. The van der Waals surface area contributed by atoms with Crippen molar-refractivity contribution in [2.75, 3.05) is 38.0 Å². The molecule has 0 saturated carbocycles. The van der Waals surface area contributed by atoms with Crippen LogP contribution in [0.4, 0.5) is 11.4 Å². The van der Waals surface area contributed by atoms with Crippen LogP contribution in [0.25, 0.3) is 6.08 Å². The van der Waals surface area contributed by atoms with Gasteiger partial charge in [-0.2, -0.15) is 14.0 Å². The third-order valence-corrected chi connectivity index (χ3v) is 3.53. The smallest absolute Gasteiger partial charge is 0.229 e. The van der Waals surface area contributed by atoms with E-state index in [0.717, 1.165) is 16.9 Å². The fourth-order valence-corrected chi connectivity index (χ4v) is 2.32. The zero-order chi connectivity index (χ0) is 17.6. The second-order valence-electron chi connectivity index (χ2n) is 5.45. The first-order chi connectivity index (χ1) is 10.6. The third kappa shape index (κ3) is 7.02. The molecule has 0 saturated heterocycles. The fraction of sp³-hybridized carbons (Fsp3) is 0.375. The summed E-state index contributed by atoms with van der Waals surface area (Å²) in [5, 5.41) is 0. The molecule has 1 unspecified atom stereocenters. The maximum atomic E-state index is 10.4. The summed E-state index contributed by atoms with van der Waals surface area (Å²) in [6.07, 6.45) is 5.99. The van der Waals surface area contributed by atoms with E-state index in [1.165, 1.54) is 13.0 Å². The molecule has 0 aliphatic heterocycles. The van der Waals surface area contributed by atoms with Crippen LogP contribution in [0.1, 0.15) is 12.5 Å². The number of nitrogens with zero attached hydrogens (tertiary/aromatic N) is 2. The predicted octanol–water partition coefficient (Wildman–Crippen LogP) is -0.310. The third-order valence-electron chi connectivity index (χ3n) is 3.03. The molecule has 1 aromatic rings. The van der Waals surface area contributed by atoms with E-state index in [4.69, 9.17) is 0 Å². The molecule has 1 rings (SSSR count). The van der Waals surface area contributed by atoms with Gasteiger partial charge < -0.3 is 9.80 Å². The Kier molecular flexibility index (Phi) is 7.05. The fourth-order valence-electron chi connectivity index (χ4n) is 1.92. The van der Waals surface area contributed by atoms with Crippen LogP contribution in [0, 0.1) is 10.2 Å². The van der Waals surface area contributed by atoms with Crippen LogP contribution in [0.5, 0.6) is 0 Å². The maximum absolute atomic E-state index is 10.4. The topological polar surface area (TPSA) is 84.9 Å². The first kappa shape index (κ1) is 19.5. The van der Waals surface area contributed by atoms with Crippen molar-refractivity contribution in [1.29, 1.82) is 0 Å². The Balaban J connectivity index is 2.84. The van der Waals surface area contributed by atoms with Gasteiger partial charge in [0, 0.05) is 39.6 Å². The molecule has 1 atom stereocenters. The van der Waals surface area contributed by atoms with Gasteiger partial charge in [0.1, 0.15) is 0 Å². The van der Waals surface area contributed by atoms with E-state index in [9.17, 15) is 14.0 Å². The van der Waals surface area contributed by atoms with Crippen LogP contribution in [0.15, 0.2) is 36.4 Å². The maximum Gasteiger partial charge on any atom is 0.229 e. The van der Waals surface area contributed by atoms with Crippen LogP contribution in [0.3, 0.4) is 0 Å². The zero-order valence-corrected chi connectivity index (χ0v) is 14.8. The van der Waals surface area contributed by atoms with Gasteiger partial charge in [-0.25, -0.2) is 0 Å². The Morgan fingerprint density at radius 1 is 1.04 bits per heavy atom. The Bertz CT molecular complexity index is 566. The molecule has 0 bridgehead atoms. The standard InChI is InChI=1S/C16H23ClN2O4/c1-13(23-17(20,21)22)8-6-7-9-14-10-11-15(18(2)3)12-16(14)19(4)5/h6-13H,1-5H3. The highest BCUT2D eigenvalue weighted by Crippen LogP contribution is 2.25. The van der Waals surface area contributed by atoms with Crippen molar-refractivity contribution in [2.24, 2.45) is 0 Å². The van der Waals surface area contributed by atoms with Crippen LogP contribution < -0.4 is 23.8 Å². The number of hydrogen-bond acceptors (Lipinski definition) is 6. The summed E-state index contributed by atoms with van der Waals surface area (Å²) in [5.74, 6) is 0. The number of anilines is 2. The van der Waals surface area contributed by atoms with Crippen molar-refractivity contribution >= 4 is 17.5 Å². The normalized spacial score (nSPS) is 13.7. The monoisotopic (exact) mass is 342 g/mol. The van der Waals surface area contributed by atoms with E-state index < -0.39 is 16.3 Å². The predicted molar refractivity (Wildman–Crippen MR) is 83.8 cm³/mol. The molecule has 0 aromatic heterocycles. The first-order valence-corrected chi connectivity index (χ1v) is 8.26. The molecule has 7 heteroatoms. The number of halogens is 1. The minimum absolute atomic E-state index is 0.812. The largest absolute Gasteiger partial charge is 0.378 e. The molecule has 1 aromatic carbocycles. The average Bonchev–Trinajstić information content (AvgIpc) is 2.41. The highest BCUT2D eigenvalue weighted by Gasteiger charge is 2.21. The van der Waals surface area contributed by atoms with Crippen molar-refractivity contribution < 1.29 is 28.5 Å². The molecule has 0 spiro atoms. The van der Waals surface area contributed by atoms with Gasteiger partial charge in [0.05, 0.1) is 14.5 Å². The summed E-state index contributed by atoms with van der Waals surface area (Å²) in [6, 6.07) is 6.11. The summed E-state index contributed by atoms with van der Waals surface area (Å²) < 4.78 is 35.6. The van der Waals surface area contributed by atoms with Gasteiger partial charge in [-0.3, -0.25) is 0 Å².